The number of hydrogen-bond donors (Lipinski definition) is 0. The van der Waals surface area contributed by atoms with Crippen LogP contribution in [0, 0.1) is 13.8 Å². The van der Waals surface area contributed by atoms with Gasteiger partial charge in [-0.3, -0.25) is 0 Å². The predicted octanol–water partition coefficient (Wildman–Crippen LogP) is 6.79. The highest BCUT2D eigenvalue weighted by Crippen LogP contribution is 2.37. The number of hydrogen-bond acceptors (Lipinski definition) is 1. The van der Waals surface area contributed by atoms with E-state index in [1.807, 2.05) is 0 Å². The minimum atomic E-state index is 0.934. The average Bonchev–Trinajstić information content (AvgIpc) is 3.10. The Hall–Kier alpha value is -3.65. The number of benzene rings is 4. The minimum absolute atomic E-state index is 0.934. The van der Waals surface area contributed by atoms with E-state index in [4.69, 9.17) is 4.42 Å². The lowest BCUT2D eigenvalue weighted by Crippen LogP contribution is -2.34. The van der Waals surface area contributed by atoms with Crippen molar-refractivity contribution >= 4 is 43.5 Å². The minimum Gasteiger partial charge on any atom is -0.449 e. The molecule has 29 heavy (non-hydrogen) atoms. The number of aryl methyl sites for hydroxylation is 2. The first-order valence-corrected chi connectivity index (χ1v) is 9.96. The van der Waals surface area contributed by atoms with Crippen LogP contribution in [0.3, 0.4) is 0 Å². The fourth-order valence-electron chi connectivity index (χ4n) is 4.50. The van der Waals surface area contributed by atoms with E-state index in [0.29, 0.717) is 0 Å². The fraction of sp³-hybridized carbons (Fsp3) is 0.0741. The summed E-state index contributed by atoms with van der Waals surface area (Å²) in [6, 6.07) is 28.1. The normalized spacial score (nSPS) is 11.8. The van der Waals surface area contributed by atoms with Gasteiger partial charge < -0.3 is 4.42 Å². The molecule has 0 fully saturated rings. The first kappa shape index (κ1) is 16.3. The van der Waals surface area contributed by atoms with Gasteiger partial charge in [0.2, 0.25) is 5.58 Å². The predicted molar refractivity (Wildman–Crippen MR) is 120 cm³/mol. The highest BCUT2D eigenvalue weighted by molar-refractivity contribution is 6.17. The molecule has 0 aliphatic rings. The molecule has 138 valence electrons. The summed E-state index contributed by atoms with van der Waals surface area (Å²) in [5.74, 6) is 0. The summed E-state index contributed by atoms with van der Waals surface area (Å²) >= 11 is 0. The van der Waals surface area contributed by atoms with Gasteiger partial charge in [-0.25, -0.2) is 0 Å². The van der Waals surface area contributed by atoms with Crippen LogP contribution in [0.5, 0.6) is 0 Å². The molecule has 0 aliphatic carbocycles. The Morgan fingerprint density at radius 3 is 2.38 bits per heavy atom. The largest absolute Gasteiger partial charge is 0.449 e. The van der Waals surface area contributed by atoms with Crippen molar-refractivity contribution in [3.63, 3.8) is 0 Å². The molecule has 2 heterocycles. The molecule has 2 aromatic heterocycles. The van der Waals surface area contributed by atoms with Crippen molar-refractivity contribution in [1.29, 1.82) is 0 Å². The third kappa shape index (κ3) is 2.32. The Balaban J connectivity index is 1.76. The van der Waals surface area contributed by atoms with E-state index in [0.717, 1.165) is 22.2 Å². The van der Waals surface area contributed by atoms with Gasteiger partial charge in [-0.05, 0) is 46.7 Å². The highest BCUT2D eigenvalue weighted by Gasteiger charge is 2.22. The Bertz CT molecular complexity index is 1570. The second-order valence-electron chi connectivity index (χ2n) is 7.78. The molecule has 0 spiro atoms. The molecule has 6 rings (SSSR count). The molecule has 0 saturated heterocycles. The average molecular weight is 374 g/mol. The van der Waals surface area contributed by atoms with Gasteiger partial charge in [0.05, 0.1) is 0 Å². The van der Waals surface area contributed by atoms with Gasteiger partial charge in [0.15, 0.2) is 11.9 Å². The molecule has 0 amide bonds. The summed E-state index contributed by atoms with van der Waals surface area (Å²) < 4.78 is 8.69. The smallest absolute Gasteiger partial charge is 0.257 e. The number of furan rings is 1. The van der Waals surface area contributed by atoms with Crippen LogP contribution in [0.25, 0.3) is 49.2 Å². The molecule has 6 aromatic rings. The van der Waals surface area contributed by atoms with Gasteiger partial charge in [0.1, 0.15) is 5.58 Å². The summed E-state index contributed by atoms with van der Waals surface area (Å²) in [5.41, 5.74) is 5.37. The summed E-state index contributed by atoms with van der Waals surface area (Å²) in [6.07, 6.45) is 2.11. The van der Waals surface area contributed by atoms with Crippen LogP contribution in [-0.2, 0) is 0 Å². The molecule has 0 unspecified atom stereocenters. The van der Waals surface area contributed by atoms with Crippen molar-refractivity contribution < 1.29 is 8.98 Å². The van der Waals surface area contributed by atoms with Crippen molar-refractivity contribution in [1.82, 2.24) is 0 Å². The molecule has 2 nitrogen and oxygen atoms in total. The second kappa shape index (κ2) is 5.92. The summed E-state index contributed by atoms with van der Waals surface area (Å²) in [5, 5.41) is 7.34. The van der Waals surface area contributed by atoms with Gasteiger partial charge in [0.25, 0.3) is 5.69 Å². The molecule has 0 aliphatic heterocycles. The van der Waals surface area contributed by atoms with Crippen LogP contribution in [0.1, 0.15) is 11.3 Å². The molecular weight excluding hydrogens is 354 g/mol. The third-order valence-corrected chi connectivity index (χ3v) is 5.99. The zero-order chi connectivity index (χ0) is 19.5. The maximum Gasteiger partial charge on any atom is 0.257 e. The maximum absolute atomic E-state index is 6.47. The quantitative estimate of drug-likeness (QED) is 0.229. The van der Waals surface area contributed by atoms with E-state index < -0.39 is 0 Å². The zero-order valence-corrected chi connectivity index (χ0v) is 16.4. The standard InChI is InChI=1S/C27H20NO/c1-17-10-13-22-24-16-23-20(12-11-19-8-3-4-9-21(19)23)15-25(24)29-27(22)26(17)28-14-6-5-7-18(28)2/h3-16H,1-2H3/q+1. The van der Waals surface area contributed by atoms with Gasteiger partial charge in [-0.1, -0.05) is 48.5 Å². The van der Waals surface area contributed by atoms with Crippen LogP contribution >= 0.6 is 0 Å². The van der Waals surface area contributed by atoms with Gasteiger partial charge >= 0.3 is 0 Å². The lowest BCUT2D eigenvalue weighted by Gasteiger charge is -2.04. The fourth-order valence-corrected chi connectivity index (χ4v) is 4.50. The molecule has 0 bridgehead atoms. The van der Waals surface area contributed by atoms with Crippen LogP contribution in [-0.4, -0.2) is 0 Å². The SMILES string of the molecule is Cc1ccc2c(oc3cc4ccc5ccccc5c4cc32)c1-[n+]1ccccc1C. The van der Waals surface area contributed by atoms with Crippen molar-refractivity contribution in [3.05, 3.63) is 96.3 Å². The van der Waals surface area contributed by atoms with E-state index in [-0.39, 0.29) is 0 Å². The highest BCUT2D eigenvalue weighted by atomic mass is 16.3. The maximum atomic E-state index is 6.47. The lowest BCUT2D eigenvalue weighted by molar-refractivity contribution is -0.602. The van der Waals surface area contributed by atoms with Gasteiger partial charge in [0, 0.05) is 35.4 Å². The molecule has 0 saturated carbocycles. The number of aromatic nitrogens is 1. The first-order valence-electron chi connectivity index (χ1n) is 9.96. The number of fused-ring (bicyclic) bond motifs is 6. The molecule has 0 N–H and O–H groups in total. The zero-order valence-electron chi connectivity index (χ0n) is 16.4. The lowest BCUT2D eigenvalue weighted by atomic mass is 9.99. The van der Waals surface area contributed by atoms with E-state index in [9.17, 15) is 0 Å². The van der Waals surface area contributed by atoms with Crippen LogP contribution in [0.4, 0.5) is 0 Å². The first-order chi connectivity index (χ1) is 14.2. The van der Waals surface area contributed by atoms with Crippen molar-refractivity contribution in [2.75, 3.05) is 0 Å². The van der Waals surface area contributed by atoms with E-state index >= 15 is 0 Å². The second-order valence-corrected chi connectivity index (χ2v) is 7.78. The van der Waals surface area contributed by atoms with Crippen LogP contribution in [0.2, 0.25) is 0 Å². The van der Waals surface area contributed by atoms with Gasteiger partial charge in [-0.15, -0.1) is 0 Å². The van der Waals surface area contributed by atoms with Crippen molar-refractivity contribution in [3.8, 4) is 5.69 Å². The molecule has 0 radical (unpaired) electrons. The Labute approximate surface area is 168 Å². The Kier molecular flexibility index (Phi) is 3.33. The molecule has 4 aromatic carbocycles. The summed E-state index contributed by atoms with van der Waals surface area (Å²) in [7, 11) is 0. The monoisotopic (exact) mass is 374 g/mol. The van der Waals surface area contributed by atoms with Crippen LogP contribution in [0.15, 0.2) is 89.5 Å². The van der Waals surface area contributed by atoms with E-state index in [1.54, 1.807) is 0 Å². The number of nitrogens with zero attached hydrogens (tertiary/aromatic N) is 1. The van der Waals surface area contributed by atoms with E-state index in [2.05, 4.69) is 103 Å². The molecular formula is C27H20NO+. The Morgan fingerprint density at radius 2 is 1.48 bits per heavy atom. The number of pyridine rings is 1. The van der Waals surface area contributed by atoms with E-state index in [1.165, 1.54) is 38.2 Å². The van der Waals surface area contributed by atoms with Crippen molar-refractivity contribution in [2.45, 2.75) is 13.8 Å². The van der Waals surface area contributed by atoms with Crippen molar-refractivity contribution in [2.24, 2.45) is 0 Å². The summed E-state index contributed by atoms with van der Waals surface area (Å²) in [4.78, 5) is 0. The van der Waals surface area contributed by atoms with Crippen LogP contribution < -0.4 is 4.57 Å². The van der Waals surface area contributed by atoms with Gasteiger partial charge in [-0.2, -0.15) is 4.57 Å². The topological polar surface area (TPSA) is 17.0 Å². The third-order valence-electron chi connectivity index (χ3n) is 5.99. The Morgan fingerprint density at radius 1 is 0.655 bits per heavy atom. The summed E-state index contributed by atoms with van der Waals surface area (Å²) in [6.45, 7) is 4.27. The molecule has 2 heteroatoms. The molecule has 0 atom stereocenters. The number of rotatable bonds is 1.